The van der Waals surface area contributed by atoms with Crippen LogP contribution >= 0.6 is 0 Å². The van der Waals surface area contributed by atoms with Crippen molar-refractivity contribution in [2.45, 2.75) is 20.4 Å². The monoisotopic (exact) mass is 321 g/mol. The highest BCUT2D eigenvalue weighted by molar-refractivity contribution is 5.94. The molecule has 3 aromatic rings. The van der Waals surface area contributed by atoms with Crippen LogP contribution in [-0.4, -0.2) is 5.91 Å². The van der Waals surface area contributed by atoms with Gasteiger partial charge in [0, 0.05) is 17.7 Å². The molecule has 2 aromatic carbocycles. The second-order valence-electron chi connectivity index (χ2n) is 5.56. The van der Waals surface area contributed by atoms with E-state index in [1.165, 1.54) is 0 Å². The molecule has 3 rings (SSSR count). The fourth-order valence-corrected chi connectivity index (χ4v) is 2.44. The Kier molecular flexibility index (Phi) is 4.66. The predicted octanol–water partition coefficient (Wildman–Crippen LogP) is 4.62. The summed E-state index contributed by atoms with van der Waals surface area (Å²) in [6, 6.07) is 18.5. The van der Waals surface area contributed by atoms with Crippen molar-refractivity contribution in [3.63, 3.8) is 0 Å². The number of carbonyl (C=O) groups excluding carboxylic acids is 1. The Hall–Kier alpha value is -3.01. The van der Waals surface area contributed by atoms with Gasteiger partial charge < -0.3 is 14.5 Å². The van der Waals surface area contributed by atoms with E-state index in [2.05, 4.69) is 5.32 Å². The number of hydrogen-bond donors (Lipinski definition) is 1. The SMILES string of the molecule is Cc1cc(CNC(=O)c2ccc(Oc3ccccc3)cc2)c(C)o1. The second kappa shape index (κ2) is 7.04. The Morgan fingerprint density at radius 2 is 1.67 bits per heavy atom. The van der Waals surface area contributed by atoms with Crippen molar-refractivity contribution in [3.8, 4) is 11.5 Å². The lowest BCUT2D eigenvalue weighted by atomic mass is 10.2. The molecule has 0 unspecified atom stereocenters. The largest absolute Gasteiger partial charge is 0.466 e. The zero-order valence-electron chi connectivity index (χ0n) is 13.7. The van der Waals surface area contributed by atoms with Crippen LogP contribution in [0.4, 0.5) is 0 Å². The van der Waals surface area contributed by atoms with Crippen LogP contribution in [0.1, 0.15) is 27.4 Å². The van der Waals surface area contributed by atoms with Crippen molar-refractivity contribution in [2.75, 3.05) is 0 Å². The number of benzene rings is 2. The molecule has 0 saturated heterocycles. The Bertz CT molecular complexity index is 820. The molecule has 0 atom stereocenters. The van der Waals surface area contributed by atoms with Gasteiger partial charge in [-0.2, -0.15) is 0 Å². The van der Waals surface area contributed by atoms with E-state index in [9.17, 15) is 4.79 Å². The summed E-state index contributed by atoms with van der Waals surface area (Å²) in [6.07, 6.45) is 0. The van der Waals surface area contributed by atoms with Gasteiger partial charge >= 0.3 is 0 Å². The van der Waals surface area contributed by atoms with Crippen LogP contribution in [0.5, 0.6) is 11.5 Å². The van der Waals surface area contributed by atoms with Crippen LogP contribution in [0.2, 0.25) is 0 Å². The molecule has 122 valence electrons. The molecule has 1 heterocycles. The Morgan fingerprint density at radius 3 is 2.29 bits per heavy atom. The van der Waals surface area contributed by atoms with Gasteiger partial charge in [0.1, 0.15) is 23.0 Å². The molecule has 0 aliphatic heterocycles. The summed E-state index contributed by atoms with van der Waals surface area (Å²) in [4.78, 5) is 12.2. The number of ether oxygens (including phenoxy) is 1. The van der Waals surface area contributed by atoms with Crippen LogP contribution in [0.25, 0.3) is 0 Å². The van der Waals surface area contributed by atoms with Gasteiger partial charge in [-0.25, -0.2) is 0 Å². The van der Waals surface area contributed by atoms with Crippen molar-refractivity contribution in [1.29, 1.82) is 0 Å². The zero-order valence-corrected chi connectivity index (χ0v) is 13.7. The molecule has 1 N–H and O–H groups in total. The molecule has 0 fully saturated rings. The fraction of sp³-hybridized carbons (Fsp3) is 0.150. The number of furan rings is 1. The minimum absolute atomic E-state index is 0.125. The van der Waals surface area contributed by atoms with Gasteiger partial charge in [-0.05, 0) is 56.3 Å². The van der Waals surface area contributed by atoms with Gasteiger partial charge in [-0.15, -0.1) is 0 Å². The smallest absolute Gasteiger partial charge is 0.251 e. The lowest BCUT2D eigenvalue weighted by Gasteiger charge is -2.07. The summed E-state index contributed by atoms with van der Waals surface area (Å²) >= 11 is 0. The third kappa shape index (κ3) is 3.84. The lowest BCUT2D eigenvalue weighted by molar-refractivity contribution is 0.0951. The highest BCUT2D eigenvalue weighted by Gasteiger charge is 2.09. The number of carbonyl (C=O) groups is 1. The Balaban J connectivity index is 1.60. The van der Waals surface area contributed by atoms with E-state index in [4.69, 9.17) is 9.15 Å². The topological polar surface area (TPSA) is 51.5 Å². The molecular weight excluding hydrogens is 302 g/mol. The standard InChI is InChI=1S/C20H19NO3/c1-14-12-17(15(2)23-14)13-21-20(22)16-8-10-19(11-9-16)24-18-6-4-3-5-7-18/h3-12H,13H2,1-2H3,(H,21,22). The molecule has 0 saturated carbocycles. The average molecular weight is 321 g/mol. The van der Waals surface area contributed by atoms with Crippen molar-refractivity contribution < 1.29 is 13.9 Å². The third-order valence-corrected chi connectivity index (χ3v) is 3.68. The number of rotatable bonds is 5. The molecule has 1 amide bonds. The minimum atomic E-state index is -0.125. The first kappa shape index (κ1) is 15.9. The normalized spacial score (nSPS) is 10.4. The summed E-state index contributed by atoms with van der Waals surface area (Å²) in [6.45, 7) is 4.23. The number of nitrogens with one attached hydrogen (secondary N) is 1. The van der Waals surface area contributed by atoms with E-state index < -0.39 is 0 Å². The molecule has 0 aliphatic carbocycles. The van der Waals surface area contributed by atoms with Crippen LogP contribution in [-0.2, 0) is 6.54 Å². The van der Waals surface area contributed by atoms with Crippen molar-refractivity contribution >= 4 is 5.91 Å². The van der Waals surface area contributed by atoms with E-state index in [-0.39, 0.29) is 5.91 Å². The van der Waals surface area contributed by atoms with Crippen molar-refractivity contribution in [3.05, 3.63) is 83.3 Å². The maximum atomic E-state index is 12.2. The third-order valence-electron chi connectivity index (χ3n) is 3.68. The Labute approximate surface area is 141 Å². The molecule has 0 radical (unpaired) electrons. The number of amides is 1. The number of hydrogen-bond acceptors (Lipinski definition) is 3. The first-order valence-electron chi connectivity index (χ1n) is 7.79. The molecule has 24 heavy (non-hydrogen) atoms. The summed E-state index contributed by atoms with van der Waals surface area (Å²) < 4.78 is 11.2. The highest BCUT2D eigenvalue weighted by Crippen LogP contribution is 2.21. The Morgan fingerprint density at radius 1 is 1.00 bits per heavy atom. The zero-order chi connectivity index (χ0) is 16.9. The van der Waals surface area contributed by atoms with Gasteiger partial charge in [0.2, 0.25) is 0 Å². The summed E-state index contributed by atoms with van der Waals surface area (Å²) in [5, 5.41) is 2.90. The molecular formula is C20H19NO3. The first-order valence-corrected chi connectivity index (χ1v) is 7.79. The lowest BCUT2D eigenvalue weighted by Crippen LogP contribution is -2.22. The van der Waals surface area contributed by atoms with E-state index >= 15 is 0 Å². The van der Waals surface area contributed by atoms with Gasteiger partial charge in [0.25, 0.3) is 5.91 Å². The molecule has 0 bridgehead atoms. The van der Waals surface area contributed by atoms with Gasteiger partial charge in [0.15, 0.2) is 0 Å². The van der Waals surface area contributed by atoms with Crippen LogP contribution < -0.4 is 10.1 Å². The molecule has 4 nitrogen and oxygen atoms in total. The summed E-state index contributed by atoms with van der Waals surface area (Å²) in [5.41, 5.74) is 1.58. The highest BCUT2D eigenvalue weighted by atomic mass is 16.5. The second-order valence-corrected chi connectivity index (χ2v) is 5.56. The van der Waals surface area contributed by atoms with E-state index in [0.29, 0.717) is 17.9 Å². The predicted molar refractivity (Wildman–Crippen MR) is 92.3 cm³/mol. The van der Waals surface area contributed by atoms with Gasteiger partial charge in [-0.1, -0.05) is 18.2 Å². The van der Waals surface area contributed by atoms with Crippen LogP contribution in [0.3, 0.4) is 0 Å². The van der Waals surface area contributed by atoms with Crippen LogP contribution in [0, 0.1) is 13.8 Å². The first-order chi connectivity index (χ1) is 11.6. The maximum Gasteiger partial charge on any atom is 0.251 e. The van der Waals surface area contributed by atoms with Crippen molar-refractivity contribution in [1.82, 2.24) is 5.32 Å². The minimum Gasteiger partial charge on any atom is -0.466 e. The summed E-state index contributed by atoms with van der Waals surface area (Å²) in [7, 11) is 0. The number of aryl methyl sites for hydroxylation is 2. The average Bonchev–Trinajstić information content (AvgIpc) is 2.92. The van der Waals surface area contributed by atoms with Gasteiger partial charge in [0.05, 0.1) is 0 Å². The van der Waals surface area contributed by atoms with E-state index in [1.54, 1.807) is 24.3 Å². The molecule has 1 aromatic heterocycles. The molecule has 0 aliphatic rings. The quantitative estimate of drug-likeness (QED) is 0.746. The molecule has 0 spiro atoms. The van der Waals surface area contributed by atoms with Crippen molar-refractivity contribution in [2.24, 2.45) is 0 Å². The van der Waals surface area contributed by atoms with Gasteiger partial charge in [-0.3, -0.25) is 4.79 Å². The summed E-state index contributed by atoms with van der Waals surface area (Å²) in [5.74, 6) is 3.01. The molecule has 4 heteroatoms. The van der Waals surface area contributed by atoms with E-state index in [0.717, 1.165) is 22.8 Å². The fourth-order valence-electron chi connectivity index (χ4n) is 2.44. The number of para-hydroxylation sites is 1. The maximum absolute atomic E-state index is 12.2. The van der Waals surface area contributed by atoms with Crippen LogP contribution in [0.15, 0.2) is 65.1 Å². The van der Waals surface area contributed by atoms with E-state index in [1.807, 2.05) is 50.2 Å².